The number of ether oxygens (including phenoxy) is 1. The van der Waals surface area contributed by atoms with Crippen molar-refractivity contribution in [3.63, 3.8) is 0 Å². The molecular weight excluding hydrogens is 287 g/mol. The summed E-state index contributed by atoms with van der Waals surface area (Å²) < 4.78 is 44.2. The van der Waals surface area contributed by atoms with Crippen molar-refractivity contribution in [3.8, 4) is 16.9 Å². The van der Waals surface area contributed by atoms with Crippen LogP contribution in [0.4, 0.5) is 18.9 Å². The van der Waals surface area contributed by atoms with Crippen molar-refractivity contribution in [1.29, 1.82) is 0 Å². The zero-order valence-corrected chi connectivity index (χ0v) is 10.8. The Kier molecular flexibility index (Phi) is 3.84. The number of nitrogens with zero attached hydrogens (tertiary/aromatic N) is 1. The molecule has 0 atom stereocenters. The van der Waals surface area contributed by atoms with Gasteiger partial charge < -0.3 is 4.74 Å². The van der Waals surface area contributed by atoms with E-state index >= 15 is 0 Å². The molecule has 2 aromatic carbocycles. The molecule has 0 heterocycles. The molecule has 0 radical (unpaired) electrons. The average molecular weight is 297 g/mol. The number of hydrogen-bond acceptors (Lipinski definition) is 3. The molecule has 4 nitrogen and oxygen atoms in total. The third kappa shape index (κ3) is 3.13. The summed E-state index contributed by atoms with van der Waals surface area (Å²) in [6.45, 7) is 0. The molecule has 0 saturated carbocycles. The number of alkyl halides is 3. The van der Waals surface area contributed by atoms with Gasteiger partial charge in [-0.3, -0.25) is 10.1 Å². The van der Waals surface area contributed by atoms with Crippen LogP contribution in [0.3, 0.4) is 0 Å². The maximum absolute atomic E-state index is 13.1. The van der Waals surface area contributed by atoms with Crippen molar-refractivity contribution in [1.82, 2.24) is 0 Å². The van der Waals surface area contributed by atoms with E-state index in [1.54, 1.807) is 0 Å². The zero-order valence-electron chi connectivity index (χ0n) is 10.8. The maximum atomic E-state index is 13.1. The van der Waals surface area contributed by atoms with E-state index in [-0.39, 0.29) is 5.56 Å². The van der Waals surface area contributed by atoms with Crippen molar-refractivity contribution in [2.75, 3.05) is 7.11 Å². The van der Waals surface area contributed by atoms with Gasteiger partial charge in [0.1, 0.15) is 5.75 Å². The lowest BCUT2D eigenvalue weighted by Gasteiger charge is -2.13. The van der Waals surface area contributed by atoms with Crippen LogP contribution in [0.5, 0.6) is 5.75 Å². The van der Waals surface area contributed by atoms with Gasteiger partial charge >= 0.3 is 6.18 Å². The molecule has 0 unspecified atom stereocenters. The van der Waals surface area contributed by atoms with E-state index in [1.807, 2.05) is 0 Å². The summed E-state index contributed by atoms with van der Waals surface area (Å²) in [5, 5.41) is 10.6. The quantitative estimate of drug-likeness (QED) is 0.627. The fourth-order valence-corrected chi connectivity index (χ4v) is 1.90. The van der Waals surface area contributed by atoms with Crippen LogP contribution >= 0.6 is 0 Å². The van der Waals surface area contributed by atoms with Crippen LogP contribution in [0, 0.1) is 10.1 Å². The number of nitro groups is 1. The Morgan fingerprint density at radius 2 is 1.71 bits per heavy atom. The van der Waals surface area contributed by atoms with Gasteiger partial charge in [-0.1, -0.05) is 12.1 Å². The molecular formula is C14H10F3NO3. The lowest BCUT2D eigenvalue weighted by atomic mass is 9.98. The number of non-ortho nitro benzene ring substituents is 1. The van der Waals surface area contributed by atoms with Gasteiger partial charge in [0.15, 0.2) is 0 Å². The summed E-state index contributed by atoms with van der Waals surface area (Å²) in [4.78, 5) is 9.78. The largest absolute Gasteiger partial charge is 0.497 e. The van der Waals surface area contributed by atoms with Crippen molar-refractivity contribution in [2.24, 2.45) is 0 Å². The molecule has 0 saturated heterocycles. The Balaban J connectivity index is 2.58. The number of nitro benzene ring substituents is 1. The van der Waals surface area contributed by atoms with E-state index in [4.69, 9.17) is 4.74 Å². The number of hydrogen-bond donors (Lipinski definition) is 0. The van der Waals surface area contributed by atoms with E-state index in [0.29, 0.717) is 17.4 Å². The average Bonchev–Trinajstić information content (AvgIpc) is 2.46. The predicted molar refractivity (Wildman–Crippen MR) is 70.1 cm³/mol. The fourth-order valence-electron chi connectivity index (χ4n) is 1.90. The molecule has 0 amide bonds. The number of benzene rings is 2. The van der Waals surface area contributed by atoms with Crippen LogP contribution < -0.4 is 4.74 Å². The Bertz CT molecular complexity index is 666. The topological polar surface area (TPSA) is 52.4 Å². The van der Waals surface area contributed by atoms with Crippen LogP contribution in [-0.2, 0) is 6.18 Å². The Labute approximate surface area is 117 Å². The minimum Gasteiger partial charge on any atom is -0.497 e. The smallest absolute Gasteiger partial charge is 0.417 e. The number of halogens is 3. The standard InChI is InChI=1S/C14H10F3NO3/c1-21-11-5-2-9(3-6-11)12-7-4-10(18(19)20)8-13(12)14(15,16)17/h2-8H,1H3. The first kappa shape index (κ1) is 14.8. The third-order valence-electron chi connectivity index (χ3n) is 2.92. The van der Waals surface area contributed by atoms with Gasteiger partial charge in [0.25, 0.3) is 5.69 Å². The van der Waals surface area contributed by atoms with Gasteiger partial charge in [-0.15, -0.1) is 0 Å². The second-order valence-electron chi connectivity index (χ2n) is 4.21. The Morgan fingerprint density at radius 3 is 2.19 bits per heavy atom. The van der Waals surface area contributed by atoms with Crippen molar-refractivity contribution < 1.29 is 22.8 Å². The normalized spacial score (nSPS) is 11.2. The molecule has 0 N–H and O–H groups in total. The molecule has 7 heteroatoms. The molecule has 0 aliphatic carbocycles. The third-order valence-corrected chi connectivity index (χ3v) is 2.92. The highest BCUT2D eigenvalue weighted by molar-refractivity contribution is 5.70. The molecule has 0 aliphatic heterocycles. The highest BCUT2D eigenvalue weighted by Crippen LogP contribution is 2.39. The summed E-state index contributed by atoms with van der Waals surface area (Å²) in [6.07, 6.45) is -4.68. The first-order chi connectivity index (χ1) is 9.82. The lowest BCUT2D eigenvalue weighted by molar-refractivity contribution is -0.385. The van der Waals surface area contributed by atoms with Crippen LogP contribution in [0.1, 0.15) is 5.56 Å². The summed E-state index contributed by atoms with van der Waals surface area (Å²) in [7, 11) is 1.45. The Morgan fingerprint density at radius 1 is 1.10 bits per heavy atom. The van der Waals surface area contributed by atoms with Crippen LogP contribution in [0.15, 0.2) is 42.5 Å². The molecule has 0 aliphatic rings. The SMILES string of the molecule is COc1ccc(-c2ccc([N+](=O)[O-])cc2C(F)(F)F)cc1. The first-order valence-corrected chi connectivity index (χ1v) is 5.83. The summed E-state index contributed by atoms with van der Waals surface area (Å²) in [6, 6.07) is 8.68. The fraction of sp³-hybridized carbons (Fsp3) is 0.143. The van der Waals surface area contributed by atoms with Gasteiger partial charge in [-0.05, 0) is 29.3 Å². The van der Waals surface area contributed by atoms with Crippen LogP contribution in [0.25, 0.3) is 11.1 Å². The molecule has 21 heavy (non-hydrogen) atoms. The van der Waals surface area contributed by atoms with Gasteiger partial charge in [0.2, 0.25) is 0 Å². The molecule has 0 spiro atoms. The minimum absolute atomic E-state index is 0.115. The van der Waals surface area contributed by atoms with E-state index in [2.05, 4.69) is 0 Å². The molecule has 2 aromatic rings. The molecule has 2 rings (SSSR count). The predicted octanol–water partition coefficient (Wildman–Crippen LogP) is 4.29. The molecule has 0 bridgehead atoms. The van der Waals surface area contributed by atoms with Crippen molar-refractivity contribution in [2.45, 2.75) is 6.18 Å². The van der Waals surface area contributed by atoms with E-state index in [9.17, 15) is 23.3 Å². The summed E-state index contributed by atoms with van der Waals surface area (Å²) in [5.74, 6) is 0.509. The van der Waals surface area contributed by atoms with Crippen molar-refractivity contribution in [3.05, 3.63) is 58.1 Å². The van der Waals surface area contributed by atoms with Gasteiger partial charge in [-0.25, -0.2) is 0 Å². The first-order valence-electron chi connectivity index (χ1n) is 5.83. The van der Waals surface area contributed by atoms with Crippen molar-refractivity contribution >= 4 is 5.69 Å². The van der Waals surface area contributed by atoms with Crippen LogP contribution in [0.2, 0.25) is 0 Å². The minimum atomic E-state index is -4.68. The zero-order chi connectivity index (χ0) is 15.6. The Hall–Kier alpha value is -2.57. The number of methoxy groups -OCH3 is 1. The van der Waals surface area contributed by atoms with Crippen LogP contribution in [-0.4, -0.2) is 12.0 Å². The molecule has 0 fully saturated rings. The van der Waals surface area contributed by atoms with E-state index in [0.717, 1.165) is 12.1 Å². The molecule has 0 aromatic heterocycles. The van der Waals surface area contributed by atoms with Gasteiger partial charge in [0.05, 0.1) is 17.6 Å². The molecule has 110 valence electrons. The summed E-state index contributed by atoms with van der Waals surface area (Å²) in [5.41, 5.74) is -1.45. The highest BCUT2D eigenvalue weighted by atomic mass is 19.4. The monoisotopic (exact) mass is 297 g/mol. The van der Waals surface area contributed by atoms with E-state index < -0.39 is 22.4 Å². The van der Waals surface area contributed by atoms with Gasteiger partial charge in [-0.2, -0.15) is 13.2 Å². The second-order valence-corrected chi connectivity index (χ2v) is 4.21. The summed E-state index contributed by atoms with van der Waals surface area (Å²) >= 11 is 0. The maximum Gasteiger partial charge on any atom is 0.417 e. The number of rotatable bonds is 3. The second kappa shape index (κ2) is 5.43. The highest BCUT2D eigenvalue weighted by Gasteiger charge is 2.35. The lowest BCUT2D eigenvalue weighted by Crippen LogP contribution is -2.08. The van der Waals surface area contributed by atoms with E-state index in [1.165, 1.54) is 31.4 Å². The van der Waals surface area contributed by atoms with Gasteiger partial charge in [0, 0.05) is 12.1 Å².